The van der Waals surface area contributed by atoms with Gasteiger partial charge in [-0.25, -0.2) is 4.90 Å². The van der Waals surface area contributed by atoms with Crippen molar-refractivity contribution in [3.8, 4) is 0 Å². The van der Waals surface area contributed by atoms with Crippen LogP contribution in [0.4, 0.5) is 13.2 Å². The summed E-state index contributed by atoms with van der Waals surface area (Å²) in [6, 6.07) is 0. The summed E-state index contributed by atoms with van der Waals surface area (Å²) < 4.78 is 36.2. The number of halogens is 3. The second kappa shape index (κ2) is 2.67. The summed E-state index contributed by atoms with van der Waals surface area (Å²) in [6.45, 7) is 0. The van der Waals surface area contributed by atoms with E-state index >= 15 is 0 Å². The van der Waals surface area contributed by atoms with Crippen LogP contribution in [-0.4, -0.2) is 23.3 Å². The van der Waals surface area contributed by atoms with E-state index in [1.165, 1.54) is 6.20 Å². The first kappa shape index (κ1) is 8.85. The van der Waals surface area contributed by atoms with Crippen LogP contribution >= 0.6 is 0 Å². The molecule has 0 aromatic rings. The van der Waals surface area contributed by atoms with E-state index in [1.807, 2.05) is 0 Å². The Morgan fingerprint density at radius 3 is 2.50 bits per heavy atom. The van der Waals surface area contributed by atoms with Gasteiger partial charge in [0.15, 0.2) is 6.29 Å². The standard InChI is InChI=1S/C5H7F3N4/c6-5(7,8)12-3(9)1-2-11-4(12)10/h1-2,4,9,11H,10H2. The van der Waals surface area contributed by atoms with Crippen LogP contribution in [0.2, 0.25) is 0 Å². The zero-order chi connectivity index (χ0) is 9.35. The Morgan fingerprint density at radius 1 is 1.58 bits per heavy atom. The first-order chi connectivity index (χ1) is 5.43. The van der Waals surface area contributed by atoms with Gasteiger partial charge in [0.25, 0.3) is 0 Å². The first-order valence-electron chi connectivity index (χ1n) is 3.06. The molecule has 12 heavy (non-hydrogen) atoms. The molecule has 1 rings (SSSR count). The van der Waals surface area contributed by atoms with Crippen LogP contribution in [0, 0.1) is 5.41 Å². The molecular weight excluding hydrogens is 173 g/mol. The minimum absolute atomic E-state index is 0.174. The highest BCUT2D eigenvalue weighted by atomic mass is 19.4. The van der Waals surface area contributed by atoms with Crippen LogP contribution in [0.1, 0.15) is 0 Å². The Labute approximate surface area is 66.3 Å². The van der Waals surface area contributed by atoms with Crippen LogP contribution < -0.4 is 11.1 Å². The summed E-state index contributed by atoms with van der Waals surface area (Å²) in [7, 11) is 0. The minimum Gasteiger partial charge on any atom is -0.359 e. The van der Waals surface area contributed by atoms with E-state index in [4.69, 9.17) is 11.1 Å². The van der Waals surface area contributed by atoms with E-state index in [-0.39, 0.29) is 4.90 Å². The lowest BCUT2D eigenvalue weighted by atomic mass is 10.4. The Balaban J connectivity index is 2.87. The third-order valence-electron chi connectivity index (χ3n) is 1.32. The second-order valence-corrected chi connectivity index (χ2v) is 2.17. The van der Waals surface area contributed by atoms with Crippen molar-refractivity contribution in [1.29, 1.82) is 5.41 Å². The zero-order valence-corrected chi connectivity index (χ0v) is 5.89. The largest absolute Gasteiger partial charge is 0.488 e. The van der Waals surface area contributed by atoms with Crippen LogP contribution in [-0.2, 0) is 0 Å². The predicted molar refractivity (Wildman–Crippen MR) is 35.9 cm³/mol. The number of nitrogens with two attached hydrogens (primary N) is 1. The van der Waals surface area contributed by atoms with Crippen molar-refractivity contribution in [1.82, 2.24) is 10.2 Å². The zero-order valence-electron chi connectivity index (χ0n) is 5.89. The Morgan fingerprint density at radius 2 is 2.17 bits per heavy atom. The molecular formula is C5H7F3N4. The lowest BCUT2D eigenvalue weighted by Gasteiger charge is -2.33. The highest BCUT2D eigenvalue weighted by Gasteiger charge is 2.42. The maximum atomic E-state index is 12.1. The predicted octanol–water partition coefficient (Wildman–Crippen LogP) is 0.145. The van der Waals surface area contributed by atoms with Crippen LogP contribution in [0.3, 0.4) is 0 Å². The molecule has 4 nitrogen and oxygen atoms in total. The molecule has 0 spiro atoms. The van der Waals surface area contributed by atoms with Gasteiger partial charge in [-0.15, -0.1) is 13.2 Å². The topological polar surface area (TPSA) is 65.1 Å². The van der Waals surface area contributed by atoms with Crippen molar-refractivity contribution in [3.63, 3.8) is 0 Å². The van der Waals surface area contributed by atoms with Gasteiger partial charge in [0, 0.05) is 6.20 Å². The van der Waals surface area contributed by atoms with Crippen LogP contribution in [0.5, 0.6) is 0 Å². The smallest absolute Gasteiger partial charge is 0.359 e. The van der Waals surface area contributed by atoms with Crippen LogP contribution in [0.15, 0.2) is 12.3 Å². The summed E-state index contributed by atoms with van der Waals surface area (Å²) in [4.78, 5) is -0.174. The normalized spacial score (nSPS) is 24.2. The van der Waals surface area contributed by atoms with E-state index in [1.54, 1.807) is 0 Å². The average molecular weight is 180 g/mol. The van der Waals surface area contributed by atoms with Gasteiger partial charge in [-0.3, -0.25) is 11.1 Å². The minimum atomic E-state index is -4.62. The fraction of sp³-hybridized carbons (Fsp3) is 0.400. The third kappa shape index (κ3) is 1.50. The van der Waals surface area contributed by atoms with E-state index in [2.05, 4.69) is 5.32 Å². The molecule has 0 fully saturated rings. The molecule has 1 atom stereocenters. The number of alkyl halides is 3. The summed E-state index contributed by atoms with van der Waals surface area (Å²) in [5.41, 5.74) is 5.06. The molecule has 1 heterocycles. The Hall–Kier alpha value is -1.24. The summed E-state index contributed by atoms with van der Waals surface area (Å²) in [5.74, 6) is -0.672. The van der Waals surface area contributed by atoms with Crippen molar-refractivity contribution in [2.24, 2.45) is 5.73 Å². The molecule has 1 unspecified atom stereocenters. The van der Waals surface area contributed by atoms with Crippen molar-refractivity contribution >= 4 is 5.84 Å². The summed E-state index contributed by atoms with van der Waals surface area (Å²) in [5, 5.41) is 9.16. The first-order valence-corrected chi connectivity index (χ1v) is 3.06. The number of hydrogen-bond acceptors (Lipinski definition) is 3. The van der Waals surface area contributed by atoms with Gasteiger partial charge in [-0.2, -0.15) is 0 Å². The lowest BCUT2D eigenvalue weighted by molar-refractivity contribution is -0.231. The van der Waals surface area contributed by atoms with Crippen molar-refractivity contribution in [2.75, 3.05) is 0 Å². The highest BCUT2D eigenvalue weighted by Crippen LogP contribution is 2.23. The summed E-state index contributed by atoms with van der Waals surface area (Å²) in [6.07, 6.45) is -3.84. The molecule has 4 N–H and O–H groups in total. The van der Waals surface area contributed by atoms with E-state index < -0.39 is 18.4 Å². The molecule has 0 bridgehead atoms. The quantitative estimate of drug-likeness (QED) is 0.465. The molecule has 0 aromatic carbocycles. The fourth-order valence-electron chi connectivity index (χ4n) is 0.825. The van der Waals surface area contributed by atoms with Gasteiger partial charge in [0.05, 0.1) is 0 Å². The van der Waals surface area contributed by atoms with Crippen molar-refractivity contribution in [3.05, 3.63) is 12.3 Å². The highest BCUT2D eigenvalue weighted by molar-refractivity contribution is 5.91. The fourth-order valence-corrected chi connectivity index (χ4v) is 0.825. The monoisotopic (exact) mass is 180 g/mol. The maximum Gasteiger partial charge on any atom is 0.488 e. The van der Waals surface area contributed by atoms with Gasteiger partial charge < -0.3 is 5.32 Å². The lowest BCUT2D eigenvalue weighted by Crippen LogP contribution is -2.60. The molecule has 0 saturated heterocycles. The maximum absolute atomic E-state index is 12.1. The van der Waals surface area contributed by atoms with Crippen molar-refractivity contribution < 1.29 is 13.2 Å². The number of amidine groups is 1. The molecule has 0 radical (unpaired) electrons. The van der Waals surface area contributed by atoms with Gasteiger partial charge in [0.1, 0.15) is 5.84 Å². The number of nitrogens with one attached hydrogen (secondary N) is 2. The Kier molecular flexibility index (Phi) is 1.97. The molecule has 68 valence electrons. The van der Waals surface area contributed by atoms with E-state index in [0.29, 0.717) is 0 Å². The number of nitrogens with zero attached hydrogens (tertiary/aromatic N) is 1. The molecule has 0 saturated carbocycles. The Bertz CT molecular complexity index is 221. The van der Waals surface area contributed by atoms with Gasteiger partial charge in [0.2, 0.25) is 0 Å². The van der Waals surface area contributed by atoms with Gasteiger partial charge in [-0.05, 0) is 6.08 Å². The van der Waals surface area contributed by atoms with E-state index in [0.717, 1.165) is 6.08 Å². The van der Waals surface area contributed by atoms with Gasteiger partial charge >= 0.3 is 6.30 Å². The number of hydrogen-bond donors (Lipinski definition) is 3. The molecule has 1 aliphatic heterocycles. The molecule has 0 aromatic heterocycles. The second-order valence-electron chi connectivity index (χ2n) is 2.17. The van der Waals surface area contributed by atoms with Gasteiger partial charge in [-0.1, -0.05) is 0 Å². The third-order valence-corrected chi connectivity index (χ3v) is 1.32. The average Bonchev–Trinajstić information content (AvgIpc) is 1.82. The summed E-state index contributed by atoms with van der Waals surface area (Å²) >= 11 is 0. The molecule has 0 amide bonds. The molecule has 0 aliphatic carbocycles. The van der Waals surface area contributed by atoms with Crippen molar-refractivity contribution in [2.45, 2.75) is 12.6 Å². The number of rotatable bonds is 0. The SMILES string of the molecule is N=C1C=CNC(N)N1C(F)(F)F. The molecule has 7 heteroatoms. The van der Waals surface area contributed by atoms with E-state index in [9.17, 15) is 13.2 Å². The molecule has 1 aliphatic rings. The van der Waals surface area contributed by atoms with Crippen LogP contribution in [0.25, 0.3) is 0 Å².